The van der Waals surface area contributed by atoms with Crippen LogP contribution in [0.3, 0.4) is 0 Å². The van der Waals surface area contributed by atoms with Crippen molar-refractivity contribution < 1.29 is 14.0 Å². The van der Waals surface area contributed by atoms with Crippen LogP contribution in [-0.2, 0) is 4.79 Å². The quantitative estimate of drug-likeness (QED) is 0.755. The largest absolute Gasteiger partial charge is 0.328 e. The molecule has 0 aliphatic heterocycles. The van der Waals surface area contributed by atoms with Crippen LogP contribution in [0.1, 0.15) is 24.2 Å². The summed E-state index contributed by atoms with van der Waals surface area (Å²) in [5.41, 5.74) is 0.434. The van der Waals surface area contributed by atoms with Crippen molar-refractivity contribution in [1.29, 1.82) is 0 Å². The highest BCUT2D eigenvalue weighted by molar-refractivity contribution is 5.88. The monoisotopic (exact) mass is 197 g/mol. The predicted molar refractivity (Wildman–Crippen MR) is 52.8 cm³/mol. The Morgan fingerprint density at radius 2 is 1.93 bits per heavy atom. The van der Waals surface area contributed by atoms with Gasteiger partial charge in [-0.1, -0.05) is 13.8 Å². The van der Waals surface area contributed by atoms with Gasteiger partial charge in [0.25, 0.3) is 0 Å². The Balaban J connectivity index is 0.000000791. The maximum atomic E-state index is 12.5. The number of carbonyl (C=O) groups is 2. The molecule has 1 aromatic carbocycles. The van der Waals surface area contributed by atoms with Gasteiger partial charge in [0.1, 0.15) is 5.82 Å². The first-order valence-electron chi connectivity index (χ1n) is 4.23. The lowest BCUT2D eigenvalue weighted by Crippen LogP contribution is -1.98. The number of hydrogen-bond donors (Lipinski definition) is 1. The first-order chi connectivity index (χ1) is 6.77. The molecule has 0 spiro atoms. The van der Waals surface area contributed by atoms with E-state index in [9.17, 15) is 14.0 Å². The highest BCUT2D eigenvalue weighted by atomic mass is 19.1. The fourth-order valence-corrected chi connectivity index (χ4v) is 0.826. The number of nitrogens with one attached hydrogen (secondary N) is 1. The van der Waals surface area contributed by atoms with E-state index < -0.39 is 5.82 Å². The Morgan fingerprint density at radius 3 is 2.43 bits per heavy atom. The fraction of sp³-hybridized carbons (Fsp3) is 0.200. The molecule has 14 heavy (non-hydrogen) atoms. The topological polar surface area (TPSA) is 46.2 Å². The second kappa shape index (κ2) is 6.77. The molecule has 0 saturated heterocycles. The molecule has 4 heteroatoms. The Kier molecular flexibility index (Phi) is 5.94. The fourth-order valence-electron chi connectivity index (χ4n) is 0.826. The second-order valence-electron chi connectivity index (χ2n) is 2.11. The van der Waals surface area contributed by atoms with Gasteiger partial charge >= 0.3 is 0 Å². The molecule has 1 aromatic rings. The van der Waals surface area contributed by atoms with E-state index in [-0.39, 0.29) is 5.56 Å². The summed E-state index contributed by atoms with van der Waals surface area (Å²) < 4.78 is 12.5. The first kappa shape index (κ1) is 12.3. The average Bonchev–Trinajstić information content (AvgIpc) is 2.24. The Hall–Kier alpha value is -1.71. The molecule has 0 bridgehead atoms. The van der Waals surface area contributed by atoms with Gasteiger partial charge in [-0.05, 0) is 18.2 Å². The smallest absolute Gasteiger partial charge is 0.211 e. The van der Waals surface area contributed by atoms with E-state index in [1.54, 1.807) is 0 Å². The molecule has 0 unspecified atom stereocenters. The highest BCUT2D eigenvalue weighted by Crippen LogP contribution is 2.13. The first-order valence-corrected chi connectivity index (χ1v) is 4.23. The molecule has 0 heterocycles. The van der Waals surface area contributed by atoms with Gasteiger partial charge in [0.05, 0.1) is 5.69 Å². The molecule has 1 rings (SSSR count). The summed E-state index contributed by atoms with van der Waals surface area (Å²) in [6.07, 6.45) is 0.912. The van der Waals surface area contributed by atoms with E-state index in [0.717, 1.165) is 6.07 Å². The third-order valence-corrected chi connectivity index (χ3v) is 1.36. The Labute approximate surface area is 81.9 Å². The molecule has 0 radical (unpaired) electrons. The standard InChI is InChI=1S/C8H6FNO2.C2H6/c9-7-1-2-8(10-5-12)6(3-7)4-11;1-2/h1-5H,(H,10,12);1-2H3. The van der Waals surface area contributed by atoms with Crippen molar-refractivity contribution in [3.8, 4) is 0 Å². The predicted octanol–water partition coefficient (Wildman–Crippen LogP) is 2.23. The van der Waals surface area contributed by atoms with Gasteiger partial charge in [-0.3, -0.25) is 9.59 Å². The Morgan fingerprint density at radius 1 is 1.29 bits per heavy atom. The van der Waals surface area contributed by atoms with Crippen LogP contribution < -0.4 is 5.32 Å². The summed E-state index contributed by atoms with van der Waals surface area (Å²) in [5, 5.41) is 2.28. The van der Waals surface area contributed by atoms with E-state index >= 15 is 0 Å². The van der Waals surface area contributed by atoms with E-state index in [4.69, 9.17) is 0 Å². The molecule has 0 aliphatic rings. The maximum absolute atomic E-state index is 12.5. The van der Waals surface area contributed by atoms with Crippen molar-refractivity contribution in [2.75, 3.05) is 5.32 Å². The summed E-state index contributed by atoms with van der Waals surface area (Å²) in [5.74, 6) is -0.506. The van der Waals surface area contributed by atoms with Gasteiger partial charge in [0.15, 0.2) is 6.29 Å². The van der Waals surface area contributed by atoms with Crippen LogP contribution in [0, 0.1) is 5.82 Å². The van der Waals surface area contributed by atoms with Crippen LogP contribution >= 0.6 is 0 Å². The third-order valence-electron chi connectivity index (χ3n) is 1.36. The van der Waals surface area contributed by atoms with Gasteiger partial charge < -0.3 is 5.32 Å². The molecule has 0 fully saturated rings. The van der Waals surface area contributed by atoms with E-state index in [2.05, 4.69) is 5.32 Å². The van der Waals surface area contributed by atoms with Crippen LogP contribution in [0.4, 0.5) is 10.1 Å². The number of amides is 1. The molecule has 0 aromatic heterocycles. The molecule has 1 N–H and O–H groups in total. The average molecular weight is 197 g/mol. The van der Waals surface area contributed by atoms with Crippen LogP contribution in [0.25, 0.3) is 0 Å². The minimum Gasteiger partial charge on any atom is -0.328 e. The zero-order valence-electron chi connectivity index (χ0n) is 8.08. The lowest BCUT2D eigenvalue weighted by molar-refractivity contribution is -0.105. The van der Waals surface area contributed by atoms with Crippen molar-refractivity contribution in [3.63, 3.8) is 0 Å². The number of carbonyl (C=O) groups excluding carboxylic acids is 2. The van der Waals surface area contributed by atoms with Gasteiger partial charge in [0.2, 0.25) is 6.41 Å². The zero-order valence-corrected chi connectivity index (χ0v) is 8.08. The van der Waals surface area contributed by atoms with E-state index in [1.807, 2.05) is 13.8 Å². The molecule has 0 atom stereocenters. The SMILES string of the molecule is CC.O=CNc1ccc(F)cc1C=O. The molecule has 1 amide bonds. The molecule has 76 valence electrons. The van der Waals surface area contributed by atoms with Crippen LogP contribution in [-0.4, -0.2) is 12.7 Å². The van der Waals surface area contributed by atoms with Crippen molar-refractivity contribution in [1.82, 2.24) is 0 Å². The van der Waals surface area contributed by atoms with Gasteiger partial charge in [-0.2, -0.15) is 0 Å². The molecular formula is C10H12FNO2. The number of anilines is 1. The van der Waals surface area contributed by atoms with Crippen molar-refractivity contribution >= 4 is 18.4 Å². The number of benzene rings is 1. The number of rotatable bonds is 3. The van der Waals surface area contributed by atoms with Crippen molar-refractivity contribution in [3.05, 3.63) is 29.6 Å². The van der Waals surface area contributed by atoms with Crippen LogP contribution in [0.5, 0.6) is 0 Å². The van der Waals surface area contributed by atoms with E-state index in [1.165, 1.54) is 12.1 Å². The lowest BCUT2D eigenvalue weighted by atomic mass is 10.2. The summed E-state index contributed by atoms with van der Waals surface area (Å²) in [6.45, 7) is 4.00. The van der Waals surface area contributed by atoms with Gasteiger partial charge in [-0.15, -0.1) is 0 Å². The minimum absolute atomic E-state index is 0.127. The second-order valence-corrected chi connectivity index (χ2v) is 2.11. The third kappa shape index (κ3) is 3.35. The maximum Gasteiger partial charge on any atom is 0.211 e. The number of halogens is 1. The number of aldehydes is 1. The van der Waals surface area contributed by atoms with Gasteiger partial charge in [0, 0.05) is 5.56 Å². The minimum atomic E-state index is -0.506. The molecular weight excluding hydrogens is 185 g/mol. The number of hydrogen-bond acceptors (Lipinski definition) is 2. The van der Waals surface area contributed by atoms with Crippen LogP contribution in [0.2, 0.25) is 0 Å². The lowest BCUT2D eigenvalue weighted by Gasteiger charge is -2.00. The Bertz CT molecular complexity index is 313. The van der Waals surface area contributed by atoms with Crippen molar-refractivity contribution in [2.24, 2.45) is 0 Å². The van der Waals surface area contributed by atoms with E-state index in [0.29, 0.717) is 18.4 Å². The zero-order chi connectivity index (χ0) is 11.0. The summed E-state index contributed by atoms with van der Waals surface area (Å²) in [4.78, 5) is 20.3. The van der Waals surface area contributed by atoms with Crippen molar-refractivity contribution in [2.45, 2.75) is 13.8 Å². The molecule has 0 saturated carbocycles. The summed E-state index contributed by atoms with van der Waals surface area (Å²) in [6, 6.07) is 3.55. The summed E-state index contributed by atoms with van der Waals surface area (Å²) in [7, 11) is 0. The summed E-state index contributed by atoms with van der Waals surface area (Å²) >= 11 is 0. The normalized spacial score (nSPS) is 8.21. The molecule has 0 aliphatic carbocycles. The molecule has 3 nitrogen and oxygen atoms in total. The van der Waals surface area contributed by atoms with Gasteiger partial charge in [-0.25, -0.2) is 4.39 Å². The van der Waals surface area contributed by atoms with Crippen LogP contribution in [0.15, 0.2) is 18.2 Å². The highest BCUT2D eigenvalue weighted by Gasteiger charge is 2.01.